The molecule has 2 N–H and O–H groups in total. The Morgan fingerprint density at radius 3 is 2.67 bits per heavy atom. The number of nitrogens with two attached hydrogens (primary N) is 1. The molecule has 2 rings (SSSR count). The van der Waals surface area contributed by atoms with Crippen molar-refractivity contribution in [1.29, 1.82) is 0 Å². The molecule has 1 aliphatic heterocycles. The van der Waals surface area contributed by atoms with Gasteiger partial charge < -0.3 is 10.6 Å². The van der Waals surface area contributed by atoms with Gasteiger partial charge in [0.25, 0.3) is 5.92 Å². The van der Waals surface area contributed by atoms with Gasteiger partial charge in [0, 0.05) is 24.3 Å². The average Bonchev–Trinajstić information content (AvgIpc) is 2.46. The van der Waals surface area contributed by atoms with Crippen LogP contribution in [0.25, 0.3) is 0 Å². The smallest absolute Gasteiger partial charge is 0.266 e. The number of anilines is 2. The van der Waals surface area contributed by atoms with E-state index in [-0.39, 0.29) is 13.0 Å². The molecule has 2 nitrogen and oxygen atoms in total. The van der Waals surface area contributed by atoms with Gasteiger partial charge in [-0.3, -0.25) is 0 Å². The highest BCUT2D eigenvalue weighted by Crippen LogP contribution is 2.32. The van der Waals surface area contributed by atoms with E-state index in [4.69, 9.17) is 5.73 Å². The molecule has 0 radical (unpaired) electrons. The van der Waals surface area contributed by atoms with E-state index in [0.717, 1.165) is 11.3 Å². The summed E-state index contributed by atoms with van der Waals surface area (Å²) in [6.45, 7) is 2.12. The van der Waals surface area contributed by atoms with Crippen molar-refractivity contribution < 1.29 is 8.78 Å². The summed E-state index contributed by atoms with van der Waals surface area (Å²) in [5.74, 6) is -2.55. The summed E-state index contributed by atoms with van der Waals surface area (Å²) in [4.78, 5) is 1.72. The Morgan fingerprint density at radius 1 is 1.40 bits per heavy atom. The van der Waals surface area contributed by atoms with Crippen LogP contribution in [0.5, 0.6) is 0 Å². The number of rotatable bonds is 1. The Labute approximate surface area is 87.7 Å². The first-order valence-electron chi connectivity index (χ1n) is 4.97. The standard InChI is InChI=1S/C11H14F2N2/c1-8-6-9(14)2-3-10(8)15-5-4-11(12,13)7-15/h2-3,6H,4-5,7,14H2,1H3. The molecule has 82 valence electrons. The van der Waals surface area contributed by atoms with Crippen molar-refractivity contribution in [2.24, 2.45) is 0 Å². The lowest BCUT2D eigenvalue weighted by molar-refractivity contribution is 0.0257. The molecule has 0 spiro atoms. The molecule has 1 saturated heterocycles. The van der Waals surface area contributed by atoms with E-state index < -0.39 is 5.92 Å². The number of hydrogen-bond donors (Lipinski definition) is 1. The Hall–Kier alpha value is -1.32. The van der Waals surface area contributed by atoms with Crippen LogP contribution >= 0.6 is 0 Å². The fourth-order valence-corrected chi connectivity index (χ4v) is 1.97. The highest BCUT2D eigenvalue weighted by atomic mass is 19.3. The van der Waals surface area contributed by atoms with Crippen LogP contribution in [0.4, 0.5) is 20.2 Å². The van der Waals surface area contributed by atoms with Crippen LogP contribution in [0.15, 0.2) is 18.2 Å². The van der Waals surface area contributed by atoms with Crippen LogP contribution in [0.2, 0.25) is 0 Å². The topological polar surface area (TPSA) is 29.3 Å². The minimum absolute atomic E-state index is 0.0587. The highest BCUT2D eigenvalue weighted by Gasteiger charge is 2.38. The van der Waals surface area contributed by atoms with Crippen molar-refractivity contribution in [2.45, 2.75) is 19.3 Å². The van der Waals surface area contributed by atoms with Gasteiger partial charge in [0.05, 0.1) is 6.54 Å². The van der Waals surface area contributed by atoms with Gasteiger partial charge in [-0.05, 0) is 30.7 Å². The summed E-state index contributed by atoms with van der Waals surface area (Å²) in [5.41, 5.74) is 8.10. The van der Waals surface area contributed by atoms with Gasteiger partial charge in [0.2, 0.25) is 0 Å². The quantitative estimate of drug-likeness (QED) is 0.724. The zero-order valence-electron chi connectivity index (χ0n) is 8.63. The third-order valence-corrected chi connectivity index (χ3v) is 2.73. The minimum Gasteiger partial charge on any atom is -0.399 e. The van der Waals surface area contributed by atoms with Gasteiger partial charge in [-0.2, -0.15) is 0 Å². The largest absolute Gasteiger partial charge is 0.399 e. The molecule has 1 aromatic carbocycles. The Morgan fingerprint density at radius 2 is 2.13 bits per heavy atom. The molecule has 1 aliphatic rings. The lowest BCUT2D eigenvalue weighted by Gasteiger charge is -2.20. The van der Waals surface area contributed by atoms with E-state index in [2.05, 4.69) is 0 Å². The van der Waals surface area contributed by atoms with Crippen molar-refractivity contribution in [3.63, 3.8) is 0 Å². The predicted octanol–water partition coefficient (Wildman–Crippen LogP) is 2.42. The van der Waals surface area contributed by atoms with Crippen LogP contribution in [0.1, 0.15) is 12.0 Å². The minimum atomic E-state index is -2.55. The Kier molecular flexibility index (Phi) is 2.29. The van der Waals surface area contributed by atoms with Crippen molar-refractivity contribution in [1.82, 2.24) is 0 Å². The summed E-state index contributed by atoms with van der Waals surface area (Å²) in [6.07, 6.45) is -0.0587. The van der Waals surface area contributed by atoms with Crippen molar-refractivity contribution in [3.8, 4) is 0 Å². The van der Waals surface area contributed by atoms with Crippen LogP contribution < -0.4 is 10.6 Å². The van der Waals surface area contributed by atoms with Gasteiger partial charge in [-0.1, -0.05) is 0 Å². The van der Waals surface area contributed by atoms with Gasteiger partial charge in [-0.15, -0.1) is 0 Å². The zero-order chi connectivity index (χ0) is 11.1. The van der Waals surface area contributed by atoms with Crippen LogP contribution in [0, 0.1) is 6.92 Å². The SMILES string of the molecule is Cc1cc(N)ccc1N1CCC(F)(F)C1. The lowest BCUT2D eigenvalue weighted by Crippen LogP contribution is -2.25. The average molecular weight is 212 g/mol. The molecule has 0 unspecified atom stereocenters. The molecule has 1 fully saturated rings. The lowest BCUT2D eigenvalue weighted by atomic mass is 10.1. The fraction of sp³-hybridized carbons (Fsp3) is 0.455. The highest BCUT2D eigenvalue weighted by molar-refractivity contribution is 5.59. The van der Waals surface area contributed by atoms with E-state index >= 15 is 0 Å². The normalized spacial score (nSPS) is 19.5. The van der Waals surface area contributed by atoms with Crippen LogP contribution in [-0.2, 0) is 0 Å². The monoisotopic (exact) mass is 212 g/mol. The second-order valence-corrected chi connectivity index (χ2v) is 4.07. The van der Waals surface area contributed by atoms with Crippen molar-refractivity contribution >= 4 is 11.4 Å². The molecule has 0 atom stereocenters. The maximum Gasteiger partial charge on any atom is 0.266 e. The van der Waals surface area contributed by atoms with E-state index in [9.17, 15) is 8.78 Å². The maximum absolute atomic E-state index is 13.0. The molecule has 15 heavy (non-hydrogen) atoms. The van der Waals surface area contributed by atoms with Gasteiger partial charge in [0.15, 0.2) is 0 Å². The zero-order valence-corrected chi connectivity index (χ0v) is 8.63. The summed E-state index contributed by atoms with van der Waals surface area (Å²) >= 11 is 0. The molecule has 1 aromatic rings. The van der Waals surface area contributed by atoms with Crippen LogP contribution in [-0.4, -0.2) is 19.0 Å². The number of halogens is 2. The van der Waals surface area contributed by atoms with Crippen molar-refractivity contribution in [3.05, 3.63) is 23.8 Å². The fourth-order valence-electron chi connectivity index (χ4n) is 1.97. The van der Waals surface area contributed by atoms with Gasteiger partial charge in [-0.25, -0.2) is 8.78 Å². The Bertz CT molecular complexity index is 377. The second kappa shape index (κ2) is 3.36. The number of nitrogens with zero attached hydrogens (tertiary/aromatic N) is 1. The summed E-state index contributed by atoms with van der Waals surface area (Å²) < 4.78 is 26.0. The summed E-state index contributed by atoms with van der Waals surface area (Å²) in [6, 6.07) is 5.37. The number of aryl methyl sites for hydroxylation is 1. The van der Waals surface area contributed by atoms with Crippen LogP contribution in [0.3, 0.4) is 0 Å². The Balaban J connectivity index is 2.24. The van der Waals surface area contributed by atoms with E-state index in [1.807, 2.05) is 19.1 Å². The third kappa shape index (κ3) is 2.03. The third-order valence-electron chi connectivity index (χ3n) is 2.73. The van der Waals surface area contributed by atoms with Crippen molar-refractivity contribution in [2.75, 3.05) is 23.7 Å². The number of alkyl halides is 2. The van der Waals surface area contributed by atoms with E-state index in [0.29, 0.717) is 12.2 Å². The summed E-state index contributed by atoms with van der Waals surface area (Å²) in [7, 11) is 0. The molecule has 0 bridgehead atoms. The summed E-state index contributed by atoms with van der Waals surface area (Å²) in [5, 5.41) is 0. The maximum atomic E-state index is 13.0. The number of hydrogen-bond acceptors (Lipinski definition) is 2. The molecule has 0 amide bonds. The van der Waals surface area contributed by atoms with Gasteiger partial charge in [0.1, 0.15) is 0 Å². The van der Waals surface area contributed by atoms with E-state index in [1.165, 1.54) is 0 Å². The molecule has 0 aromatic heterocycles. The second-order valence-electron chi connectivity index (χ2n) is 4.07. The molecule has 4 heteroatoms. The molecule has 0 saturated carbocycles. The molecule has 1 heterocycles. The first-order valence-corrected chi connectivity index (χ1v) is 4.97. The first kappa shape index (κ1) is 10.2. The van der Waals surface area contributed by atoms with Gasteiger partial charge >= 0.3 is 0 Å². The van der Waals surface area contributed by atoms with E-state index in [1.54, 1.807) is 11.0 Å². The molecule has 0 aliphatic carbocycles. The molecular weight excluding hydrogens is 198 g/mol. The number of nitrogen functional groups attached to an aromatic ring is 1. The predicted molar refractivity (Wildman–Crippen MR) is 57.4 cm³/mol. The molecular formula is C11H14F2N2. The first-order chi connectivity index (χ1) is 6.98. The number of benzene rings is 1.